The molecule has 0 aliphatic carbocycles. The van der Waals surface area contributed by atoms with Crippen molar-refractivity contribution < 1.29 is 13.9 Å². The van der Waals surface area contributed by atoms with Crippen LogP contribution in [0.1, 0.15) is 18.7 Å². The summed E-state index contributed by atoms with van der Waals surface area (Å²) in [6.07, 6.45) is 5.26. The zero-order valence-corrected chi connectivity index (χ0v) is 13.4. The second-order valence-corrected chi connectivity index (χ2v) is 5.89. The predicted molar refractivity (Wildman–Crippen MR) is 87.0 cm³/mol. The smallest absolute Gasteiger partial charge is 0.317 e. The molecular weight excluding hydrogens is 311 g/mol. The highest BCUT2D eigenvalue weighted by molar-refractivity contribution is 5.74. The fourth-order valence-electron chi connectivity index (χ4n) is 2.82. The third kappa shape index (κ3) is 4.24. The van der Waals surface area contributed by atoms with Crippen LogP contribution >= 0.6 is 0 Å². The Kier molecular flexibility index (Phi) is 5.30. The fourth-order valence-corrected chi connectivity index (χ4v) is 2.82. The van der Waals surface area contributed by atoms with E-state index in [4.69, 9.17) is 4.74 Å². The number of urea groups is 1. The third-order valence-corrected chi connectivity index (χ3v) is 4.08. The molecule has 2 heterocycles. The van der Waals surface area contributed by atoms with Gasteiger partial charge in [-0.05, 0) is 25.0 Å². The summed E-state index contributed by atoms with van der Waals surface area (Å²) >= 11 is 0. The lowest BCUT2D eigenvalue weighted by Crippen LogP contribution is -2.46. The number of imidazole rings is 1. The van der Waals surface area contributed by atoms with Crippen molar-refractivity contribution in [3.05, 3.63) is 48.3 Å². The third-order valence-electron chi connectivity index (χ3n) is 4.08. The second-order valence-electron chi connectivity index (χ2n) is 5.89. The van der Waals surface area contributed by atoms with Crippen LogP contribution in [0.3, 0.4) is 0 Å². The normalized spacial score (nSPS) is 17.5. The molecule has 2 N–H and O–H groups in total. The van der Waals surface area contributed by atoms with Gasteiger partial charge in [-0.15, -0.1) is 0 Å². The molecule has 1 aromatic carbocycles. The number of rotatable bonds is 5. The quantitative estimate of drug-likeness (QED) is 0.884. The first-order chi connectivity index (χ1) is 11.7. The lowest BCUT2D eigenvalue weighted by molar-refractivity contribution is 0.135. The monoisotopic (exact) mass is 332 g/mol. The van der Waals surface area contributed by atoms with Crippen molar-refractivity contribution in [2.24, 2.45) is 5.92 Å². The molecule has 6 nitrogen and oxygen atoms in total. The first-order valence-electron chi connectivity index (χ1n) is 8.10. The Morgan fingerprint density at radius 2 is 2.33 bits per heavy atom. The van der Waals surface area contributed by atoms with Gasteiger partial charge in [0.2, 0.25) is 0 Å². The van der Waals surface area contributed by atoms with Crippen molar-refractivity contribution in [3.8, 4) is 5.75 Å². The largest absolute Gasteiger partial charge is 0.490 e. The van der Waals surface area contributed by atoms with Crippen LogP contribution in [0.25, 0.3) is 0 Å². The Balaban J connectivity index is 1.47. The Morgan fingerprint density at radius 3 is 3.12 bits per heavy atom. The van der Waals surface area contributed by atoms with Crippen LogP contribution in [-0.4, -0.2) is 40.6 Å². The number of benzene rings is 1. The number of hydrogen-bond donors (Lipinski definition) is 2. The standard InChI is InChI=1S/C17H21FN4O2/c18-14-5-1-2-6-15(14)24-12-13-4-3-9-22(11-13)17(23)21-10-16-19-7-8-20-16/h1-2,5-8,13H,3-4,9-12H2,(H,19,20)(H,21,23)/t13-/m0/s1. The molecule has 1 aliphatic heterocycles. The van der Waals surface area contributed by atoms with Gasteiger partial charge in [-0.2, -0.15) is 0 Å². The van der Waals surface area contributed by atoms with Crippen LogP contribution in [0.15, 0.2) is 36.7 Å². The Hall–Kier alpha value is -2.57. The van der Waals surface area contributed by atoms with E-state index >= 15 is 0 Å². The summed E-state index contributed by atoms with van der Waals surface area (Å²) < 4.78 is 19.2. The number of H-pyrrole nitrogens is 1. The molecule has 7 heteroatoms. The van der Waals surface area contributed by atoms with Gasteiger partial charge < -0.3 is 19.9 Å². The van der Waals surface area contributed by atoms with Crippen LogP contribution in [0.2, 0.25) is 0 Å². The van der Waals surface area contributed by atoms with E-state index in [-0.39, 0.29) is 23.5 Å². The number of carbonyl (C=O) groups excluding carboxylic acids is 1. The number of piperidine rings is 1. The lowest BCUT2D eigenvalue weighted by Gasteiger charge is -2.32. The molecule has 1 aliphatic rings. The molecule has 3 rings (SSSR count). The van der Waals surface area contributed by atoms with E-state index in [0.29, 0.717) is 19.7 Å². The van der Waals surface area contributed by atoms with Crippen LogP contribution in [0.5, 0.6) is 5.75 Å². The number of aromatic nitrogens is 2. The van der Waals surface area contributed by atoms with Crippen LogP contribution in [0, 0.1) is 11.7 Å². The number of aromatic amines is 1. The van der Waals surface area contributed by atoms with E-state index in [1.165, 1.54) is 6.07 Å². The molecule has 1 atom stereocenters. The van der Waals surface area contributed by atoms with Crippen molar-refractivity contribution >= 4 is 6.03 Å². The molecule has 2 amide bonds. The van der Waals surface area contributed by atoms with Crippen molar-refractivity contribution in [3.63, 3.8) is 0 Å². The maximum atomic E-state index is 13.6. The molecule has 0 unspecified atom stereocenters. The van der Waals surface area contributed by atoms with E-state index in [1.54, 1.807) is 35.5 Å². The van der Waals surface area contributed by atoms with Crippen LogP contribution < -0.4 is 10.1 Å². The zero-order valence-electron chi connectivity index (χ0n) is 13.4. The molecule has 1 aromatic heterocycles. The van der Waals surface area contributed by atoms with Gasteiger partial charge in [-0.25, -0.2) is 14.2 Å². The molecule has 24 heavy (non-hydrogen) atoms. The number of ether oxygens (including phenoxy) is 1. The van der Waals surface area contributed by atoms with Crippen LogP contribution in [0.4, 0.5) is 9.18 Å². The Morgan fingerprint density at radius 1 is 1.46 bits per heavy atom. The second kappa shape index (κ2) is 7.81. The van der Waals surface area contributed by atoms with Crippen LogP contribution in [-0.2, 0) is 6.54 Å². The molecule has 0 saturated carbocycles. The Bertz CT molecular complexity index is 662. The minimum absolute atomic E-state index is 0.109. The van der Waals surface area contributed by atoms with E-state index < -0.39 is 0 Å². The summed E-state index contributed by atoms with van der Waals surface area (Å²) in [5.74, 6) is 0.825. The Labute approximate surface area is 140 Å². The number of amides is 2. The average Bonchev–Trinajstić information content (AvgIpc) is 3.13. The average molecular weight is 332 g/mol. The van der Waals surface area contributed by atoms with Gasteiger partial charge in [-0.1, -0.05) is 12.1 Å². The van der Waals surface area contributed by atoms with Gasteiger partial charge in [0.1, 0.15) is 5.82 Å². The maximum absolute atomic E-state index is 13.6. The zero-order chi connectivity index (χ0) is 16.8. The number of halogens is 1. The summed E-state index contributed by atoms with van der Waals surface area (Å²) in [6.45, 7) is 2.11. The van der Waals surface area contributed by atoms with Gasteiger partial charge in [-0.3, -0.25) is 0 Å². The van der Waals surface area contributed by atoms with Crippen molar-refractivity contribution in [2.45, 2.75) is 19.4 Å². The maximum Gasteiger partial charge on any atom is 0.317 e. The lowest BCUT2D eigenvalue weighted by atomic mass is 9.99. The number of likely N-dealkylation sites (tertiary alicyclic amines) is 1. The minimum atomic E-state index is -0.360. The summed E-state index contributed by atoms with van der Waals surface area (Å²) in [5.41, 5.74) is 0. The molecule has 1 saturated heterocycles. The summed E-state index contributed by atoms with van der Waals surface area (Å²) in [4.78, 5) is 21.0. The molecule has 0 spiro atoms. The number of carbonyl (C=O) groups is 1. The first kappa shape index (κ1) is 16.3. The molecule has 128 valence electrons. The number of nitrogens with zero attached hydrogens (tertiary/aromatic N) is 2. The van der Waals surface area contributed by atoms with Gasteiger partial charge >= 0.3 is 6.03 Å². The SMILES string of the molecule is O=C(NCc1ncc[nH]1)N1CCC[C@H](COc2ccccc2F)C1. The van der Waals surface area contributed by atoms with Gasteiger partial charge in [0.25, 0.3) is 0 Å². The van der Waals surface area contributed by atoms with Gasteiger partial charge in [0.15, 0.2) is 11.6 Å². The predicted octanol–water partition coefficient (Wildman–Crippen LogP) is 2.55. The molecule has 0 bridgehead atoms. The summed E-state index contributed by atoms with van der Waals surface area (Å²) in [5, 5.41) is 2.85. The van der Waals surface area contributed by atoms with Gasteiger partial charge in [0.05, 0.1) is 13.2 Å². The minimum Gasteiger partial charge on any atom is -0.490 e. The highest BCUT2D eigenvalue weighted by atomic mass is 19.1. The molecule has 2 aromatic rings. The fraction of sp³-hybridized carbons (Fsp3) is 0.412. The number of hydrogen-bond acceptors (Lipinski definition) is 3. The number of para-hydroxylation sites is 1. The highest BCUT2D eigenvalue weighted by Gasteiger charge is 2.24. The van der Waals surface area contributed by atoms with E-state index in [9.17, 15) is 9.18 Å². The van der Waals surface area contributed by atoms with Gasteiger partial charge in [0, 0.05) is 31.4 Å². The molecule has 0 radical (unpaired) electrons. The van der Waals surface area contributed by atoms with E-state index in [0.717, 1.165) is 25.2 Å². The molecular formula is C17H21FN4O2. The summed E-state index contributed by atoms with van der Waals surface area (Å²) in [6, 6.07) is 6.26. The van der Waals surface area contributed by atoms with E-state index in [1.807, 2.05) is 0 Å². The molecule has 1 fully saturated rings. The van der Waals surface area contributed by atoms with Crippen molar-refractivity contribution in [1.82, 2.24) is 20.2 Å². The first-order valence-corrected chi connectivity index (χ1v) is 8.10. The van der Waals surface area contributed by atoms with Crippen molar-refractivity contribution in [1.29, 1.82) is 0 Å². The number of nitrogens with one attached hydrogen (secondary N) is 2. The van der Waals surface area contributed by atoms with Crippen molar-refractivity contribution in [2.75, 3.05) is 19.7 Å². The topological polar surface area (TPSA) is 70.2 Å². The highest BCUT2D eigenvalue weighted by Crippen LogP contribution is 2.20. The summed E-state index contributed by atoms with van der Waals surface area (Å²) in [7, 11) is 0. The van der Waals surface area contributed by atoms with E-state index in [2.05, 4.69) is 15.3 Å².